The summed E-state index contributed by atoms with van der Waals surface area (Å²) in [5, 5.41) is 2.69. The molecule has 3 heterocycles. The summed E-state index contributed by atoms with van der Waals surface area (Å²) in [7, 11) is 3.00. The number of amides is 1. The van der Waals surface area contributed by atoms with Crippen LogP contribution in [0.15, 0.2) is 9.59 Å². The molecular weight excluding hydrogens is 262 g/mol. The summed E-state index contributed by atoms with van der Waals surface area (Å²) in [6.07, 6.45) is 2.00. The van der Waals surface area contributed by atoms with Crippen LogP contribution in [0.2, 0.25) is 0 Å². The van der Waals surface area contributed by atoms with Gasteiger partial charge in [-0.05, 0) is 12.8 Å². The van der Waals surface area contributed by atoms with E-state index in [0.29, 0.717) is 30.1 Å². The minimum atomic E-state index is -0.431. The number of imidazole rings is 1. The molecule has 8 nitrogen and oxygen atoms in total. The Labute approximate surface area is 113 Å². The zero-order valence-electron chi connectivity index (χ0n) is 11.3. The second-order valence-electron chi connectivity index (χ2n) is 4.97. The highest BCUT2D eigenvalue weighted by Gasteiger charge is 2.21. The lowest BCUT2D eigenvalue weighted by molar-refractivity contribution is -0.116. The molecule has 20 heavy (non-hydrogen) atoms. The number of rotatable bonds is 0. The van der Waals surface area contributed by atoms with E-state index in [1.54, 1.807) is 11.6 Å². The highest BCUT2D eigenvalue weighted by atomic mass is 16.2. The van der Waals surface area contributed by atoms with Gasteiger partial charge in [-0.1, -0.05) is 0 Å². The van der Waals surface area contributed by atoms with E-state index >= 15 is 0 Å². The fourth-order valence-corrected chi connectivity index (χ4v) is 2.50. The van der Waals surface area contributed by atoms with E-state index in [0.717, 1.165) is 17.4 Å². The highest BCUT2D eigenvalue weighted by molar-refractivity contribution is 5.91. The van der Waals surface area contributed by atoms with Gasteiger partial charge in [0.25, 0.3) is 5.56 Å². The van der Waals surface area contributed by atoms with E-state index in [9.17, 15) is 14.4 Å². The Morgan fingerprint density at radius 1 is 1.10 bits per heavy atom. The van der Waals surface area contributed by atoms with Crippen molar-refractivity contribution in [2.24, 2.45) is 14.1 Å². The molecule has 0 atom stereocenters. The first-order valence-corrected chi connectivity index (χ1v) is 6.47. The molecule has 0 fully saturated rings. The molecule has 1 amide bonds. The van der Waals surface area contributed by atoms with Crippen LogP contribution in [0.25, 0.3) is 11.2 Å². The second-order valence-corrected chi connectivity index (χ2v) is 4.97. The summed E-state index contributed by atoms with van der Waals surface area (Å²) in [5.74, 6) is 0.214. The smallest absolute Gasteiger partial charge is 0.304 e. The van der Waals surface area contributed by atoms with Gasteiger partial charge in [-0.25, -0.2) is 4.79 Å². The van der Waals surface area contributed by atoms with E-state index < -0.39 is 11.2 Å². The number of hydrogen-bond acceptors (Lipinski definition) is 4. The number of carbonyl (C=O) groups excluding carboxylic acids is 1. The lowest BCUT2D eigenvalue weighted by Crippen LogP contribution is -2.37. The molecule has 0 saturated heterocycles. The maximum absolute atomic E-state index is 12.3. The Balaban J connectivity index is 2.40. The van der Waals surface area contributed by atoms with Crippen LogP contribution in [0, 0.1) is 0 Å². The maximum atomic E-state index is 12.3. The fraction of sp³-hybridized carbons (Fsp3) is 0.500. The highest BCUT2D eigenvalue weighted by Crippen LogP contribution is 2.19. The number of aromatic nitrogens is 4. The molecule has 1 aliphatic heterocycles. The average molecular weight is 277 g/mol. The Morgan fingerprint density at radius 2 is 1.85 bits per heavy atom. The van der Waals surface area contributed by atoms with Crippen LogP contribution >= 0.6 is 0 Å². The van der Waals surface area contributed by atoms with Gasteiger partial charge in [-0.15, -0.1) is 0 Å². The molecule has 3 rings (SSSR count). The average Bonchev–Trinajstić information content (AvgIpc) is 2.74. The molecule has 2 aromatic rings. The van der Waals surface area contributed by atoms with Crippen LogP contribution in [-0.4, -0.2) is 24.6 Å². The number of carbonyl (C=O) groups is 1. The van der Waals surface area contributed by atoms with Crippen molar-refractivity contribution >= 4 is 23.0 Å². The van der Waals surface area contributed by atoms with Gasteiger partial charge in [0.2, 0.25) is 11.9 Å². The van der Waals surface area contributed by atoms with Crippen LogP contribution in [0.1, 0.15) is 19.3 Å². The normalized spacial score (nSPS) is 15.6. The van der Waals surface area contributed by atoms with Gasteiger partial charge in [0, 0.05) is 27.1 Å². The van der Waals surface area contributed by atoms with Crippen LogP contribution in [0.3, 0.4) is 0 Å². The summed E-state index contributed by atoms with van der Waals surface area (Å²) >= 11 is 0. The number of nitrogens with one attached hydrogen (secondary N) is 1. The number of anilines is 1. The summed E-state index contributed by atoms with van der Waals surface area (Å²) in [6.45, 7) is 0.597. The lowest BCUT2D eigenvalue weighted by Gasteiger charge is -2.13. The third-order valence-corrected chi connectivity index (χ3v) is 3.63. The van der Waals surface area contributed by atoms with Crippen LogP contribution in [0.5, 0.6) is 0 Å². The zero-order valence-corrected chi connectivity index (χ0v) is 11.3. The number of aryl methyl sites for hydroxylation is 2. The van der Waals surface area contributed by atoms with Gasteiger partial charge in [-0.2, -0.15) is 4.98 Å². The number of fused-ring (bicyclic) bond motifs is 3. The maximum Gasteiger partial charge on any atom is 0.332 e. The summed E-state index contributed by atoms with van der Waals surface area (Å²) in [6, 6.07) is 0. The molecule has 2 aromatic heterocycles. The fourth-order valence-electron chi connectivity index (χ4n) is 2.50. The zero-order chi connectivity index (χ0) is 14.4. The van der Waals surface area contributed by atoms with E-state index in [4.69, 9.17) is 0 Å². The quantitative estimate of drug-likeness (QED) is 0.706. The van der Waals surface area contributed by atoms with Gasteiger partial charge in [0.1, 0.15) is 0 Å². The molecular formula is C12H15N5O3. The molecule has 1 N–H and O–H groups in total. The first kappa shape index (κ1) is 12.6. The van der Waals surface area contributed by atoms with Crippen molar-refractivity contribution in [2.45, 2.75) is 25.8 Å². The standard InChI is InChI=1S/C12H15N5O3/c1-15-9-8(10(19)16(2)12(15)20)17-6-4-3-5-7(18)13-11(17)14-9/h3-6H2,1-2H3,(H,13,14,18). The van der Waals surface area contributed by atoms with E-state index in [2.05, 4.69) is 10.3 Å². The molecule has 0 unspecified atom stereocenters. The molecule has 0 saturated carbocycles. The van der Waals surface area contributed by atoms with Crippen molar-refractivity contribution in [3.05, 3.63) is 20.8 Å². The van der Waals surface area contributed by atoms with Crippen molar-refractivity contribution in [3.8, 4) is 0 Å². The van der Waals surface area contributed by atoms with Crippen molar-refractivity contribution in [1.29, 1.82) is 0 Å². The summed E-state index contributed by atoms with van der Waals surface area (Å²) < 4.78 is 4.06. The molecule has 0 spiro atoms. The third-order valence-electron chi connectivity index (χ3n) is 3.63. The summed E-state index contributed by atoms with van der Waals surface area (Å²) in [4.78, 5) is 40.1. The first-order valence-electron chi connectivity index (χ1n) is 6.47. The third kappa shape index (κ3) is 1.68. The minimum absolute atomic E-state index is 0.122. The van der Waals surface area contributed by atoms with Gasteiger partial charge in [0.05, 0.1) is 0 Å². The lowest BCUT2D eigenvalue weighted by atomic mass is 10.2. The van der Waals surface area contributed by atoms with Crippen molar-refractivity contribution in [2.75, 3.05) is 5.32 Å². The Morgan fingerprint density at radius 3 is 2.60 bits per heavy atom. The predicted octanol–water partition coefficient (Wildman–Crippen LogP) is -0.444. The molecule has 0 aliphatic carbocycles. The monoisotopic (exact) mass is 277 g/mol. The van der Waals surface area contributed by atoms with E-state index in [1.165, 1.54) is 11.6 Å². The minimum Gasteiger partial charge on any atom is -0.304 e. The number of hydrogen-bond donors (Lipinski definition) is 1. The van der Waals surface area contributed by atoms with Gasteiger partial charge in [-0.3, -0.25) is 24.0 Å². The van der Waals surface area contributed by atoms with E-state index in [1.807, 2.05) is 0 Å². The summed E-state index contributed by atoms with van der Waals surface area (Å²) in [5.41, 5.74) is -0.168. The van der Waals surface area contributed by atoms with Crippen molar-refractivity contribution < 1.29 is 4.79 Å². The second kappa shape index (κ2) is 4.32. The number of nitrogens with zero attached hydrogens (tertiary/aromatic N) is 4. The molecule has 0 bridgehead atoms. The molecule has 0 aromatic carbocycles. The largest absolute Gasteiger partial charge is 0.332 e. The van der Waals surface area contributed by atoms with Crippen molar-refractivity contribution in [1.82, 2.24) is 18.7 Å². The first-order chi connectivity index (χ1) is 9.50. The Kier molecular flexibility index (Phi) is 2.73. The Bertz CT molecular complexity index is 826. The van der Waals surface area contributed by atoms with Crippen LogP contribution < -0.4 is 16.6 Å². The van der Waals surface area contributed by atoms with Gasteiger partial charge < -0.3 is 4.57 Å². The predicted molar refractivity (Wildman–Crippen MR) is 72.7 cm³/mol. The molecule has 1 aliphatic rings. The van der Waals surface area contributed by atoms with Crippen molar-refractivity contribution in [3.63, 3.8) is 0 Å². The topological polar surface area (TPSA) is 90.9 Å². The van der Waals surface area contributed by atoms with Gasteiger partial charge in [0.15, 0.2) is 11.2 Å². The molecule has 0 radical (unpaired) electrons. The van der Waals surface area contributed by atoms with Gasteiger partial charge >= 0.3 is 5.69 Å². The van der Waals surface area contributed by atoms with E-state index in [-0.39, 0.29) is 5.91 Å². The SMILES string of the molecule is Cn1c(=O)c2c(nc3n2CCCCC(=O)N3)n(C)c1=O. The molecule has 8 heteroatoms. The molecule has 106 valence electrons. The van der Waals surface area contributed by atoms with Crippen LogP contribution in [-0.2, 0) is 25.4 Å². The Hall–Kier alpha value is -2.38. The van der Waals surface area contributed by atoms with Crippen LogP contribution in [0.4, 0.5) is 5.95 Å².